The van der Waals surface area contributed by atoms with Crippen LogP contribution in [-0.4, -0.2) is 23.0 Å². The third kappa shape index (κ3) is 2.89. The number of aliphatic hydroxyl groups excluding tert-OH is 1. The summed E-state index contributed by atoms with van der Waals surface area (Å²) in [5.41, 5.74) is 2.20. The Hall–Kier alpha value is -0.840. The van der Waals surface area contributed by atoms with Gasteiger partial charge in [-0.2, -0.15) is 0 Å². The van der Waals surface area contributed by atoms with Gasteiger partial charge < -0.3 is 5.11 Å². The van der Waals surface area contributed by atoms with Gasteiger partial charge in [-0.1, -0.05) is 12.1 Å². The van der Waals surface area contributed by atoms with Crippen LogP contribution in [0.1, 0.15) is 9.88 Å². The highest BCUT2D eigenvalue weighted by Crippen LogP contribution is 2.29. The Labute approximate surface area is 110 Å². The van der Waals surface area contributed by atoms with Crippen LogP contribution in [0.25, 0.3) is 11.3 Å². The lowest BCUT2D eigenvalue weighted by molar-refractivity contribution is 0.299. The zero-order valence-corrected chi connectivity index (χ0v) is 11.6. The highest BCUT2D eigenvalue weighted by Gasteiger charge is 2.09. The van der Waals surface area contributed by atoms with Crippen molar-refractivity contribution in [1.29, 1.82) is 0 Å². The summed E-state index contributed by atoms with van der Waals surface area (Å²) in [6.07, 6.45) is 2.72. The summed E-state index contributed by atoms with van der Waals surface area (Å²) in [4.78, 5) is 7.05. The minimum Gasteiger partial charge on any atom is -0.396 e. The highest BCUT2D eigenvalue weighted by molar-refractivity contribution is 7.98. The van der Waals surface area contributed by atoms with Gasteiger partial charge in [0.2, 0.25) is 0 Å². The predicted octanol–water partition coefficient (Wildman–Crippen LogP) is 3.38. The number of rotatable bonds is 4. The Balaban J connectivity index is 2.31. The summed E-state index contributed by atoms with van der Waals surface area (Å²) < 4.78 is 0. The molecule has 2 aromatic rings. The van der Waals surface area contributed by atoms with Crippen molar-refractivity contribution in [3.05, 3.63) is 34.2 Å². The van der Waals surface area contributed by atoms with E-state index in [-0.39, 0.29) is 6.61 Å². The van der Waals surface area contributed by atoms with Crippen LogP contribution in [0.2, 0.25) is 0 Å². The number of hydrogen-bond donors (Lipinski definition) is 1. The summed E-state index contributed by atoms with van der Waals surface area (Å²) in [5, 5.41) is 9.93. The van der Waals surface area contributed by atoms with Crippen LogP contribution in [-0.2, 0) is 6.42 Å². The molecule has 17 heavy (non-hydrogen) atoms. The van der Waals surface area contributed by atoms with Gasteiger partial charge in [0.15, 0.2) is 0 Å². The van der Waals surface area contributed by atoms with E-state index in [9.17, 15) is 0 Å². The first-order valence-corrected chi connectivity index (χ1v) is 7.50. The molecule has 0 saturated heterocycles. The minimum atomic E-state index is 0.164. The molecule has 0 saturated carbocycles. The molecule has 1 N–H and O–H groups in total. The molecular formula is C13H15NOS2. The van der Waals surface area contributed by atoms with Crippen LogP contribution in [0.5, 0.6) is 0 Å². The summed E-state index contributed by atoms with van der Waals surface area (Å²) in [6, 6.07) is 8.45. The molecule has 0 radical (unpaired) electrons. The molecule has 2 rings (SSSR count). The van der Waals surface area contributed by atoms with E-state index in [2.05, 4.69) is 42.4 Å². The molecule has 0 aliphatic carbocycles. The molecule has 2 nitrogen and oxygen atoms in total. The van der Waals surface area contributed by atoms with E-state index in [4.69, 9.17) is 5.11 Å². The Kier molecular flexibility index (Phi) is 4.20. The van der Waals surface area contributed by atoms with Crippen LogP contribution in [0.3, 0.4) is 0 Å². The Morgan fingerprint density at radius 1 is 1.29 bits per heavy atom. The van der Waals surface area contributed by atoms with Crippen LogP contribution >= 0.6 is 23.1 Å². The number of thiazole rings is 1. The first-order valence-electron chi connectivity index (χ1n) is 5.46. The van der Waals surface area contributed by atoms with Gasteiger partial charge in [-0.05, 0) is 25.3 Å². The van der Waals surface area contributed by atoms with Gasteiger partial charge in [-0.15, -0.1) is 23.1 Å². The molecule has 0 aliphatic heterocycles. The SMILES string of the molecule is CSc1ccc(-c2nc(CCO)sc2C)cc1. The Morgan fingerprint density at radius 2 is 2.00 bits per heavy atom. The summed E-state index contributed by atoms with van der Waals surface area (Å²) >= 11 is 3.41. The average molecular weight is 265 g/mol. The van der Waals surface area contributed by atoms with Crippen molar-refractivity contribution in [2.75, 3.05) is 12.9 Å². The standard InChI is InChI=1S/C13H15NOS2/c1-9-13(14-12(17-9)7-8-15)10-3-5-11(16-2)6-4-10/h3-6,15H,7-8H2,1-2H3. The molecule has 0 spiro atoms. The zero-order valence-electron chi connectivity index (χ0n) is 9.93. The maximum atomic E-state index is 8.92. The summed E-state index contributed by atoms with van der Waals surface area (Å²) in [6.45, 7) is 2.24. The van der Waals surface area contributed by atoms with Crippen molar-refractivity contribution in [3.63, 3.8) is 0 Å². The predicted molar refractivity (Wildman–Crippen MR) is 74.9 cm³/mol. The van der Waals surface area contributed by atoms with Crippen molar-refractivity contribution < 1.29 is 5.11 Å². The molecule has 0 bridgehead atoms. The normalized spacial score (nSPS) is 10.8. The van der Waals surface area contributed by atoms with Crippen molar-refractivity contribution in [2.45, 2.75) is 18.2 Å². The van der Waals surface area contributed by atoms with E-state index in [1.54, 1.807) is 23.1 Å². The lowest BCUT2D eigenvalue weighted by atomic mass is 10.1. The minimum absolute atomic E-state index is 0.164. The number of aromatic nitrogens is 1. The van der Waals surface area contributed by atoms with Gasteiger partial charge in [0.1, 0.15) is 0 Å². The van der Waals surface area contributed by atoms with E-state index >= 15 is 0 Å². The molecule has 4 heteroatoms. The molecule has 0 amide bonds. The Morgan fingerprint density at radius 3 is 2.59 bits per heavy atom. The van der Waals surface area contributed by atoms with Crippen LogP contribution < -0.4 is 0 Å². The molecule has 1 aromatic carbocycles. The van der Waals surface area contributed by atoms with Gasteiger partial charge in [-0.25, -0.2) is 4.98 Å². The Bertz CT molecular complexity index is 491. The molecule has 0 fully saturated rings. The zero-order chi connectivity index (χ0) is 12.3. The van der Waals surface area contributed by atoms with Gasteiger partial charge in [0, 0.05) is 28.4 Å². The number of nitrogens with zero attached hydrogens (tertiary/aromatic N) is 1. The molecule has 1 aromatic heterocycles. The number of hydrogen-bond acceptors (Lipinski definition) is 4. The largest absolute Gasteiger partial charge is 0.396 e. The van der Waals surface area contributed by atoms with Crippen LogP contribution in [0.15, 0.2) is 29.2 Å². The summed E-state index contributed by atoms with van der Waals surface area (Å²) in [5.74, 6) is 0. The van der Waals surface area contributed by atoms with Gasteiger partial charge in [0.25, 0.3) is 0 Å². The number of thioether (sulfide) groups is 1. The molecule has 90 valence electrons. The fourth-order valence-electron chi connectivity index (χ4n) is 1.67. The fraction of sp³-hybridized carbons (Fsp3) is 0.308. The van der Waals surface area contributed by atoms with E-state index in [1.165, 1.54) is 9.77 Å². The maximum absolute atomic E-state index is 8.92. The van der Waals surface area contributed by atoms with Gasteiger partial charge in [0.05, 0.1) is 10.7 Å². The lowest BCUT2D eigenvalue weighted by Crippen LogP contribution is -1.89. The quantitative estimate of drug-likeness (QED) is 0.860. The number of aryl methyl sites for hydroxylation is 1. The first kappa shape index (κ1) is 12.6. The van der Waals surface area contributed by atoms with Gasteiger partial charge in [-0.3, -0.25) is 0 Å². The smallest absolute Gasteiger partial charge is 0.0958 e. The molecular weight excluding hydrogens is 250 g/mol. The van der Waals surface area contributed by atoms with Crippen molar-refractivity contribution >= 4 is 23.1 Å². The van der Waals surface area contributed by atoms with E-state index < -0.39 is 0 Å². The third-order valence-electron chi connectivity index (χ3n) is 2.53. The molecule has 0 unspecified atom stereocenters. The first-order chi connectivity index (χ1) is 8.24. The molecule has 0 atom stereocenters. The highest BCUT2D eigenvalue weighted by atomic mass is 32.2. The van der Waals surface area contributed by atoms with Crippen LogP contribution in [0, 0.1) is 6.92 Å². The van der Waals surface area contributed by atoms with Crippen LogP contribution in [0.4, 0.5) is 0 Å². The van der Waals surface area contributed by atoms with Crippen molar-refractivity contribution in [1.82, 2.24) is 4.98 Å². The van der Waals surface area contributed by atoms with Crippen molar-refractivity contribution in [2.24, 2.45) is 0 Å². The molecule has 0 aliphatic rings. The fourth-order valence-corrected chi connectivity index (χ4v) is 3.02. The monoisotopic (exact) mass is 265 g/mol. The maximum Gasteiger partial charge on any atom is 0.0958 e. The third-order valence-corrected chi connectivity index (χ3v) is 4.30. The van der Waals surface area contributed by atoms with E-state index in [1.807, 2.05) is 0 Å². The molecule has 1 heterocycles. The number of benzene rings is 1. The number of aliphatic hydroxyl groups is 1. The van der Waals surface area contributed by atoms with Crippen molar-refractivity contribution in [3.8, 4) is 11.3 Å². The van der Waals surface area contributed by atoms with Gasteiger partial charge >= 0.3 is 0 Å². The topological polar surface area (TPSA) is 33.1 Å². The summed E-state index contributed by atoms with van der Waals surface area (Å²) in [7, 11) is 0. The van der Waals surface area contributed by atoms with E-state index in [0.717, 1.165) is 16.3 Å². The van der Waals surface area contributed by atoms with E-state index in [0.29, 0.717) is 6.42 Å². The lowest BCUT2D eigenvalue weighted by Gasteiger charge is -2.00. The second kappa shape index (κ2) is 5.67. The second-order valence-electron chi connectivity index (χ2n) is 3.71. The second-order valence-corrected chi connectivity index (χ2v) is 5.88. The average Bonchev–Trinajstić information content (AvgIpc) is 2.71.